The zero-order valence-corrected chi connectivity index (χ0v) is 13.1. The number of hydrogen-bond acceptors (Lipinski definition) is 4. The highest BCUT2D eigenvalue weighted by Crippen LogP contribution is 2.28. The van der Waals surface area contributed by atoms with Crippen LogP contribution in [0, 0.1) is 19.8 Å². The van der Waals surface area contributed by atoms with Gasteiger partial charge in [-0.3, -0.25) is 4.79 Å². The van der Waals surface area contributed by atoms with Crippen molar-refractivity contribution in [1.82, 2.24) is 10.5 Å². The molecule has 22 heavy (non-hydrogen) atoms. The number of hydrogen-bond donors (Lipinski definition) is 1. The second-order valence-corrected chi connectivity index (χ2v) is 6.11. The van der Waals surface area contributed by atoms with E-state index in [-0.39, 0.29) is 11.9 Å². The number of aromatic nitrogens is 1. The number of carbonyl (C=O) groups is 1. The van der Waals surface area contributed by atoms with Crippen molar-refractivity contribution in [2.24, 2.45) is 5.92 Å². The van der Waals surface area contributed by atoms with Gasteiger partial charge in [0.1, 0.15) is 17.1 Å². The van der Waals surface area contributed by atoms with Gasteiger partial charge < -0.3 is 14.3 Å². The van der Waals surface area contributed by atoms with Gasteiger partial charge in [-0.1, -0.05) is 18.0 Å². The van der Waals surface area contributed by atoms with Gasteiger partial charge in [-0.05, 0) is 44.7 Å². The Morgan fingerprint density at radius 2 is 2.18 bits per heavy atom. The maximum absolute atomic E-state index is 12.5. The van der Waals surface area contributed by atoms with Crippen LogP contribution < -0.4 is 5.32 Å². The molecule has 2 heterocycles. The van der Waals surface area contributed by atoms with Crippen molar-refractivity contribution in [3.05, 3.63) is 41.2 Å². The highest BCUT2D eigenvalue weighted by molar-refractivity contribution is 5.96. The van der Waals surface area contributed by atoms with Crippen molar-refractivity contribution < 1.29 is 13.7 Å². The van der Waals surface area contributed by atoms with Crippen LogP contribution in [0.4, 0.5) is 0 Å². The van der Waals surface area contributed by atoms with E-state index in [1.54, 1.807) is 20.1 Å². The molecule has 0 bridgehead atoms. The molecule has 0 saturated heterocycles. The summed E-state index contributed by atoms with van der Waals surface area (Å²) in [7, 11) is 0. The molecular weight excluding hydrogens is 280 g/mol. The Labute approximate surface area is 130 Å². The van der Waals surface area contributed by atoms with Crippen LogP contribution in [0.3, 0.4) is 0 Å². The summed E-state index contributed by atoms with van der Waals surface area (Å²) in [5.74, 6) is 1.91. The van der Waals surface area contributed by atoms with Crippen molar-refractivity contribution in [2.75, 3.05) is 0 Å². The molecule has 2 aromatic rings. The van der Waals surface area contributed by atoms with E-state index in [4.69, 9.17) is 8.94 Å². The van der Waals surface area contributed by atoms with Crippen LogP contribution in [0.15, 0.2) is 27.3 Å². The Kier molecular flexibility index (Phi) is 4.32. The molecule has 1 saturated carbocycles. The zero-order valence-electron chi connectivity index (χ0n) is 13.1. The van der Waals surface area contributed by atoms with Crippen molar-refractivity contribution in [1.29, 1.82) is 0 Å². The summed E-state index contributed by atoms with van der Waals surface area (Å²) < 4.78 is 10.6. The molecule has 0 aromatic carbocycles. The smallest absolute Gasteiger partial charge is 0.257 e. The molecule has 2 aromatic heterocycles. The number of carbonyl (C=O) groups excluding carboxylic acids is 1. The second-order valence-electron chi connectivity index (χ2n) is 6.11. The first kappa shape index (κ1) is 14.9. The third-order valence-corrected chi connectivity index (χ3v) is 4.53. The van der Waals surface area contributed by atoms with Gasteiger partial charge in [0.05, 0.1) is 12.0 Å². The van der Waals surface area contributed by atoms with Crippen molar-refractivity contribution in [2.45, 2.75) is 52.0 Å². The van der Waals surface area contributed by atoms with Gasteiger partial charge in [0.25, 0.3) is 5.91 Å². The second kappa shape index (κ2) is 6.38. The maximum Gasteiger partial charge on any atom is 0.257 e. The van der Waals surface area contributed by atoms with Crippen molar-refractivity contribution in [3.63, 3.8) is 0 Å². The Morgan fingerprint density at radius 1 is 1.36 bits per heavy atom. The van der Waals surface area contributed by atoms with Gasteiger partial charge in [-0.2, -0.15) is 0 Å². The molecule has 1 amide bonds. The molecule has 1 fully saturated rings. The average Bonchev–Trinajstić information content (AvgIpc) is 3.11. The number of nitrogens with one attached hydrogen (secondary N) is 1. The molecule has 2 atom stereocenters. The van der Waals surface area contributed by atoms with Gasteiger partial charge in [-0.15, -0.1) is 0 Å². The minimum Gasteiger partial charge on any atom is -0.469 e. The van der Waals surface area contributed by atoms with Crippen LogP contribution in [0.2, 0.25) is 0 Å². The summed E-state index contributed by atoms with van der Waals surface area (Å²) in [6.07, 6.45) is 7.08. The van der Waals surface area contributed by atoms with E-state index < -0.39 is 0 Å². The Balaban J connectivity index is 1.70. The number of aryl methyl sites for hydroxylation is 2. The maximum atomic E-state index is 12.5. The summed E-state index contributed by atoms with van der Waals surface area (Å²) in [5.41, 5.74) is 1.22. The highest BCUT2D eigenvalue weighted by Gasteiger charge is 2.29. The molecule has 1 aliphatic carbocycles. The number of rotatable bonds is 4. The van der Waals surface area contributed by atoms with E-state index in [9.17, 15) is 4.79 Å². The third-order valence-electron chi connectivity index (χ3n) is 4.53. The summed E-state index contributed by atoms with van der Waals surface area (Å²) in [6, 6.07) is 4.09. The normalized spacial score (nSPS) is 21.7. The Morgan fingerprint density at radius 3 is 2.86 bits per heavy atom. The fourth-order valence-corrected chi connectivity index (χ4v) is 3.38. The molecule has 0 spiro atoms. The highest BCUT2D eigenvalue weighted by atomic mass is 16.5. The van der Waals surface area contributed by atoms with Crippen LogP contribution in [0.1, 0.15) is 53.3 Å². The first-order chi connectivity index (χ1) is 10.6. The van der Waals surface area contributed by atoms with Crippen LogP contribution >= 0.6 is 0 Å². The first-order valence-electron chi connectivity index (χ1n) is 7.91. The molecule has 118 valence electrons. The van der Waals surface area contributed by atoms with Crippen LogP contribution in [0.5, 0.6) is 0 Å². The summed E-state index contributed by atoms with van der Waals surface area (Å²) in [4.78, 5) is 12.5. The van der Waals surface area contributed by atoms with Gasteiger partial charge >= 0.3 is 0 Å². The average molecular weight is 302 g/mol. The molecule has 5 heteroatoms. The molecule has 1 aliphatic rings. The Hall–Kier alpha value is -2.04. The van der Waals surface area contributed by atoms with Gasteiger partial charge in [0, 0.05) is 12.5 Å². The van der Waals surface area contributed by atoms with Gasteiger partial charge in [0.2, 0.25) is 0 Å². The van der Waals surface area contributed by atoms with Gasteiger partial charge in [-0.25, -0.2) is 0 Å². The van der Waals surface area contributed by atoms with Crippen molar-refractivity contribution in [3.8, 4) is 0 Å². The lowest BCUT2D eigenvalue weighted by Crippen LogP contribution is -2.43. The molecule has 5 nitrogen and oxygen atoms in total. The van der Waals surface area contributed by atoms with E-state index in [0.717, 1.165) is 31.4 Å². The predicted molar refractivity (Wildman–Crippen MR) is 81.6 cm³/mol. The Bertz CT molecular complexity index is 611. The minimum absolute atomic E-state index is 0.0763. The van der Waals surface area contributed by atoms with E-state index >= 15 is 0 Å². The summed E-state index contributed by atoms with van der Waals surface area (Å²) >= 11 is 0. The summed E-state index contributed by atoms with van der Waals surface area (Å²) in [6.45, 7) is 3.57. The van der Waals surface area contributed by atoms with Crippen LogP contribution in [-0.2, 0) is 6.42 Å². The van der Waals surface area contributed by atoms with E-state index in [2.05, 4.69) is 10.5 Å². The van der Waals surface area contributed by atoms with Crippen LogP contribution in [-0.4, -0.2) is 17.1 Å². The summed E-state index contributed by atoms with van der Waals surface area (Å²) in [5, 5.41) is 7.04. The lowest BCUT2D eigenvalue weighted by Gasteiger charge is -2.31. The number of nitrogens with zero attached hydrogens (tertiary/aromatic N) is 1. The predicted octanol–water partition coefficient (Wildman–Crippen LogP) is 3.42. The van der Waals surface area contributed by atoms with E-state index in [1.807, 2.05) is 12.1 Å². The van der Waals surface area contributed by atoms with E-state index in [0.29, 0.717) is 22.9 Å². The fourth-order valence-electron chi connectivity index (χ4n) is 3.38. The molecule has 3 rings (SSSR count). The monoisotopic (exact) mass is 302 g/mol. The lowest BCUT2D eigenvalue weighted by molar-refractivity contribution is 0.0902. The number of furan rings is 1. The van der Waals surface area contributed by atoms with E-state index in [1.165, 1.54) is 6.42 Å². The molecule has 0 unspecified atom stereocenters. The lowest BCUT2D eigenvalue weighted by atomic mass is 9.81. The largest absolute Gasteiger partial charge is 0.469 e. The standard InChI is InChI=1S/C17H22N2O3/c1-11-16(12(2)22-19-11)17(20)18-15-8-4-3-6-13(15)10-14-7-5-9-21-14/h5,7,9,13,15H,3-4,6,8,10H2,1-2H3,(H,18,20)/t13-,15-/m0/s1. The first-order valence-corrected chi connectivity index (χ1v) is 7.91. The van der Waals surface area contributed by atoms with Crippen LogP contribution in [0.25, 0.3) is 0 Å². The third kappa shape index (κ3) is 3.08. The minimum atomic E-state index is -0.0763. The zero-order chi connectivity index (χ0) is 15.5. The molecule has 1 N–H and O–H groups in total. The molecular formula is C17H22N2O3. The molecule has 0 aliphatic heterocycles. The number of amides is 1. The quantitative estimate of drug-likeness (QED) is 0.939. The fraction of sp³-hybridized carbons (Fsp3) is 0.529. The molecule has 0 radical (unpaired) electrons. The topological polar surface area (TPSA) is 68.3 Å². The SMILES string of the molecule is Cc1noc(C)c1C(=O)N[C@H]1CCCC[C@H]1Cc1ccco1. The van der Waals surface area contributed by atoms with Crippen molar-refractivity contribution >= 4 is 5.91 Å². The van der Waals surface area contributed by atoms with Gasteiger partial charge in [0.15, 0.2) is 0 Å².